The van der Waals surface area contributed by atoms with Crippen molar-refractivity contribution in [2.45, 2.75) is 44.4 Å². The van der Waals surface area contributed by atoms with Crippen molar-refractivity contribution in [1.29, 1.82) is 0 Å². The predicted octanol–water partition coefficient (Wildman–Crippen LogP) is 4.06. The van der Waals surface area contributed by atoms with Crippen LogP contribution in [-0.2, 0) is 21.4 Å². The number of fused-ring (bicyclic) bond motifs is 1. The number of aromatic amines is 1. The molecule has 2 amide bonds. The van der Waals surface area contributed by atoms with Crippen LogP contribution in [0.15, 0.2) is 48.8 Å². The molecule has 1 saturated heterocycles. The van der Waals surface area contributed by atoms with E-state index in [9.17, 15) is 14.0 Å². The molecule has 1 aromatic carbocycles. The van der Waals surface area contributed by atoms with Gasteiger partial charge in [0.25, 0.3) is 0 Å². The molecular weight excluding hydrogens is 431 g/mol. The van der Waals surface area contributed by atoms with Crippen molar-refractivity contribution in [3.63, 3.8) is 0 Å². The Labute approximate surface area is 199 Å². The summed E-state index contributed by atoms with van der Waals surface area (Å²) in [6.45, 7) is 3.79. The molecule has 2 aromatic heterocycles. The third-order valence-corrected chi connectivity index (χ3v) is 7.55. The minimum atomic E-state index is -0.677. The number of amides is 2. The molecule has 0 spiro atoms. The highest BCUT2D eigenvalue weighted by Crippen LogP contribution is 2.43. The van der Waals surface area contributed by atoms with Crippen LogP contribution in [0.5, 0.6) is 0 Å². The lowest BCUT2D eigenvalue weighted by atomic mass is 9.77. The molecule has 6 nitrogen and oxygen atoms in total. The molecule has 1 unspecified atom stereocenters. The zero-order valence-electron chi connectivity index (χ0n) is 19.6. The number of pyridine rings is 1. The third-order valence-electron chi connectivity index (χ3n) is 7.55. The summed E-state index contributed by atoms with van der Waals surface area (Å²) in [7, 11) is 0. The van der Waals surface area contributed by atoms with Crippen molar-refractivity contribution in [2.75, 3.05) is 26.2 Å². The number of carbonyl (C=O) groups excluding carboxylic acids is 2. The summed E-state index contributed by atoms with van der Waals surface area (Å²) in [6, 6.07) is 10.7. The molecule has 5 rings (SSSR count). The van der Waals surface area contributed by atoms with Crippen LogP contribution in [0.1, 0.15) is 43.7 Å². The first kappa shape index (κ1) is 22.6. The van der Waals surface area contributed by atoms with Crippen LogP contribution in [0.3, 0.4) is 0 Å². The fraction of sp³-hybridized carbons (Fsp3) is 0.444. The van der Waals surface area contributed by atoms with Gasteiger partial charge in [-0.2, -0.15) is 0 Å². The van der Waals surface area contributed by atoms with Crippen LogP contribution in [0.2, 0.25) is 0 Å². The van der Waals surface area contributed by atoms with Gasteiger partial charge in [-0.1, -0.05) is 25.0 Å². The normalized spacial score (nSPS) is 20.5. The topological polar surface area (TPSA) is 69.3 Å². The highest BCUT2D eigenvalue weighted by atomic mass is 19.1. The van der Waals surface area contributed by atoms with Gasteiger partial charge in [-0.3, -0.25) is 9.59 Å². The highest BCUT2D eigenvalue weighted by molar-refractivity contribution is 5.89. The highest BCUT2D eigenvalue weighted by Gasteiger charge is 2.46. The summed E-state index contributed by atoms with van der Waals surface area (Å²) in [6.07, 6.45) is 7.87. The van der Waals surface area contributed by atoms with Crippen LogP contribution in [0.25, 0.3) is 11.0 Å². The van der Waals surface area contributed by atoms with Crippen molar-refractivity contribution in [3.8, 4) is 0 Å². The quantitative estimate of drug-likeness (QED) is 0.636. The van der Waals surface area contributed by atoms with Gasteiger partial charge in [-0.25, -0.2) is 9.37 Å². The Kier molecular flexibility index (Phi) is 6.11. The van der Waals surface area contributed by atoms with Gasteiger partial charge in [0, 0.05) is 50.9 Å². The van der Waals surface area contributed by atoms with Gasteiger partial charge in [0.05, 0.1) is 5.41 Å². The van der Waals surface area contributed by atoms with Crippen LogP contribution in [0.4, 0.5) is 4.39 Å². The minimum Gasteiger partial charge on any atom is -0.346 e. The van der Waals surface area contributed by atoms with Crippen LogP contribution < -0.4 is 0 Å². The average Bonchev–Trinajstić information content (AvgIpc) is 3.45. The van der Waals surface area contributed by atoms with Crippen LogP contribution in [-0.4, -0.2) is 57.8 Å². The Morgan fingerprint density at radius 1 is 1.12 bits per heavy atom. The van der Waals surface area contributed by atoms with E-state index in [1.54, 1.807) is 13.0 Å². The molecule has 0 radical (unpaired) electrons. The zero-order chi connectivity index (χ0) is 23.7. The second kappa shape index (κ2) is 9.20. The maximum absolute atomic E-state index is 14.1. The standard InChI is InChI=1S/C27H31FN4O2/c1-19(33)31-11-12-32(18-21(17-31)13-20-14-22-7-10-29-25(22)30-16-20)26(34)27(8-2-3-9-27)23-5-4-6-24(28)15-23/h4-7,10,14-16,21H,2-3,8-9,11-13,17-18H2,1H3,(H,29,30). The second-order valence-corrected chi connectivity index (χ2v) is 9.84. The van der Waals surface area contributed by atoms with Crippen LogP contribution in [0, 0.1) is 11.7 Å². The Hall–Kier alpha value is -3.22. The first-order chi connectivity index (χ1) is 16.4. The predicted molar refractivity (Wildman–Crippen MR) is 129 cm³/mol. The molecule has 1 N–H and O–H groups in total. The maximum atomic E-state index is 14.1. The molecule has 3 heterocycles. The van der Waals surface area contributed by atoms with Crippen molar-refractivity contribution in [3.05, 3.63) is 65.7 Å². The second-order valence-electron chi connectivity index (χ2n) is 9.84. The summed E-state index contributed by atoms with van der Waals surface area (Å²) in [5.74, 6) is -0.107. The number of H-pyrrole nitrogens is 1. The number of rotatable bonds is 4. The molecule has 178 valence electrons. The Morgan fingerprint density at radius 3 is 2.65 bits per heavy atom. The van der Waals surface area contributed by atoms with E-state index in [-0.39, 0.29) is 23.5 Å². The Bertz CT molecular complexity index is 1200. The van der Waals surface area contributed by atoms with Gasteiger partial charge in [-0.05, 0) is 60.6 Å². The van der Waals surface area contributed by atoms with E-state index in [2.05, 4.69) is 16.0 Å². The fourth-order valence-corrected chi connectivity index (χ4v) is 5.83. The summed E-state index contributed by atoms with van der Waals surface area (Å²) >= 11 is 0. The van der Waals surface area contributed by atoms with E-state index in [0.717, 1.165) is 54.3 Å². The Morgan fingerprint density at radius 2 is 1.88 bits per heavy atom. The first-order valence-electron chi connectivity index (χ1n) is 12.2. The van der Waals surface area contributed by atoms with Crippen molar-refractivity contribution < 1.29 is 14.0 Å². The number of halogens is 1. The number of hydrogen-bond acceptors (Lipinski definition) is 3. The summed E-state index contributed by atoms with van der Waals surface area (Å²) in [4.78, 5) is 37.8. The van der Waals surface area contributed by atoms with Crippen molar-refractivity contribution in [2.24, 2.45) is 5.92 Å². The molecule has 3 aromatic rings. The van der Waals surface area contributed by atoms with Gasteiger partial charge in [0.2, 0.25) is 11.8 Å². The van der Waals surface area contributed by atoms with E-state index in [1.165, 1.54) is 12.1 Å². The molecule has 0 bridgehead atoms. The minimum absolute atomic E-state index is 0.0271. The number of nitrogens with one attached hydrogen (secondary N) is 1. The van der Waals surface area contributed by atoms with Gasteiger partial charge < -0.3 is 14.8 Å². The number of benzene rings is 1. The van der Waals surface area contributed by atoms with Crippen molar-refractivity contribution >= 4 is 22.8 Å². The molecule has 2 fully saturated rings. The molecule has 1 aliphatic heterocycles. The van der Waals surface area contributed by atoms with E-state index in [1.807, 2.05) is 34.3 Å². The lowest BCUT2D eigenvalue weighted by molar-refractivity contribution is -0.138. The maximum Gasteiger partial charge on any atom is 0.233 e. The molecule has 1 atom stereocenters. The number of aromatic nitrogens is 2. The van der Waals surface area contributed by atoms with E-state index in [0.29, 0.717) is 26.2 Å². The lowest BCUT2D eigenvalue weighted by Crippen LogP contribution is -2.48. The molecule has 1 saturated carbocycles. The van der Waals surface area contributed by atoms with Gasteiger partial charge in [0.1, 0.15) is 11.5 Å². The van der Waals surface area contributed by atoms with Gasteiger partial charge in [0.15, 0.2) is 0 Å². The molecule has 1 aliphatic carbocycles. The first-order valence-corrected chi connectivity index (χ1v) is 12.2. The lowest BCUT2D eigenvalue weighted by Gasteiger charge is -2.35. The number of hydrogen-bond donors (Lipinski definition) is 1. The zero-order valence-corrected chi connectivity index (χ0v) is 19.6. The third kappa shape index (κ3) is 4.31. The van der Waals surface area contributed by atoms with Gasteiger partial charge >= 0.3 is 0 Å². The van der Waals surface area contributed by atoms with E-state index < -0.39 is 5.41 Å². The molecular formula is C27H31FN4O2. The fourth-order valence-electron chi connectivity index (χ4n) is 5.83. The molecule has 34 heavy (non-hydrogen) atoms. The average molecular weight is 463 g/mol. The number of nitrogens with zero attached hydrogens (tertiary/aromatic N) is 3. The smallest absolute Gasteiger partial charge is 0.233 e. The van der Waals surface area contributed by atoms with Crippen molar-refractivity contribution in [1.82, 2.24) is 19.8 Å². The monoisotopic (exact) mass is 462 g/mol. The Balaban J connectivity index is 1.42. The SMILES string of the molecule is CC(=O)N1CCN(C(=O)C2(c3cccc(F)c3)CCCC2)CC(Cc2cnc3[nH]ccc3c2)C1. The largest absolute Gasteiger partial charge is 0.346 e. The molecule has 7 heteroatoms. The van der Waals surface area contributed by atoms with Gasteiger partial charge in [-0.15, -0.1) is 0 Å². The van der Waals surface area contributed by atoms with E-state index >= 15 is 0 Å². The summed E-state index contributed by atoms with van der Waals surface area (Å²) in [5, 5.41) is 1.05. The number of carbonyl (C=O) groups is 2. The summed E-state index contributed by atoms with van der Waals surface area (Å²) in [5.41, 5.74) is 2.05. The van der Waals surface area contributed by atoms with Crippen LogP contribution >= 0.6 is 0 Å². The van der Waals surface area contributed by atoms with E-state index in [4.69, 9.17) is 0 Å². The summed E-state index contributed by atoms with van der Waals surface area (Å²) < 4.78 is 14.1. The molecule has 2 aliphatic rings.